The molecule has 1 aliphatic heterocycles. The van der Waals surface area contributed by atoms with Crippen molar-refractivity contribution >= 4 is 0 Å². The molecular formula is C14H30N2O. The summed E-state index contributed by atoms with van der Waals surface area (Å²) < 4.78 is 0. The van der Waals surface area contributed by atoms with Crippen molar-refractivity contribution in [1.29, 1.82) is 0 Å². The van der Waals surface area contributed by atoms with E-state index in [1.54, 1.807) is 0 Å². The molecule has 1 atom stereocenters. The van der Waals surface area contributed by atoms with E-state index in [1.807, 2.05) is 0 Å². The Morgan fingerprint density at radius 2 is 2.06 bits per heavy atom. The molecule has 0 saturated carbocycles. The highest BCUT2D eigenvalue weighted by molar-refractivity contribution is 4.84. The topological polar surface area (TPSA) is 49.5 Å². The lowest BCUT2D eigenvalue weighted by atomic mass is 9.81. The molecule has 1 saturated heterocycles. The van der Waals surface area contributed by atoms with Crippen LogP contribution in [0.3, 0.4) is 0 Å². The number of nitrogens with zero attached hydrogens (tertiary/aromatic N) is 1. The maximum Gasteiger partial charge on any atom is 0.0434 e. The monoisotopic (exact) mass is 242 g/mol. The lowest BCUT2D eigenvalue weighted by molar-refractivity contribution is 0.0902. The summed E-state index contributed by atoms with van der Waals surface area (Å²) in [6.07, 6.45) is 5.86. The predicted molar refractivity (Wildman–Crippen MR) is 72.9 cm³/mol. The van der Waals surface area contributed by atoms with Crippen molar-refractivity contribution in [1.82, 2.24) is 4.90 Å². The lowest BCUT2D eigenvalue weighted by Crippen LogP contribution is -2.46. The Morgan fingerprint density at radius 3 is 2.59 bits per heavy atom. The highest BCUT2D eigenvalue weighted by Gasteiger charge is 2.29. The third kappa shape index (κ3) is 4.23. The fourth-order valence-corrected chi connectivity index (χ4v) is 3.01. The number of aliphatic hydroxyl groups is 1. The van der Waals surface area contributed by atoms with Crippen molar-refractivity contribution in [3.63, 3.8) is 0 Å². The Morgan fingerprint density at radius 1 is 1.35 bits per heavy atom. The first kappa shape index (κ1) is 14.9. The molecule has 1 rings (SSSR count). The van der Waals surface area contributed by atoms with E-state index in [-0.39, 0.29) is 0 Å². The normalized spacial score (nSPS) is 22.9. The van der Waals surface area contributed by atoms with Gasteiger partial charge >= 0.3 is 0 Å². The SMILES string of the molecule is CCC(CC)(CN)CN1CCCC(CCO)C1. The largest absolute Gasteiger partial charge is 0.396 e. The zero-order valence-electron chi connectivity index (χ0n) is 11.6. The fourth-order valence-electron chi connectivity index (χ4n) is 3.01. The molecule has 1 fully saturated rings. The minimum Gasteiger partial charge on any atom is -0.396 e. The van der Waals surface area contributed by atoms with Gasteiger partial charge in [0, 0.05) is 19.7 Å². The number of hydrogen-bond acceptors (Lipinski definition) is 3. The van der Waals surface area contributed by atoms with Crippen LogP contribution in [0.4, 0.5) is 0 Å². The van der Waals surface area contributed by atoms with Gasteiger partial charge in [-0.2, -0.15) is 0 Å². The standard InChI is InChI=1S/C14H30N2O/c1-3-14(4-2,11-15)12-16-8-5-6-13(10-16)7-9-17/h13,17H,3-12,15H2,1-2H3. The Balaban J connectivity index is 2.49. The molecule has 0 bridgehead atoms. The Labute approximate surface area is 106 Å². The van der Waals surface area contributed by atoms with Crippen molar-refractivity contribution in [2.75, 3.05) is 32.8 Å². The van der Waals surface area contributed by atoms with Gasteiger partial charge in [-0.05, 0) is 56.5 Å². The van der Waals surface area contributed by atoms with Crippen molar-refractivity contribution in [2.45, 2.75) is 46.0 Å². The van der Waals surface area contributed by atoms with Crippen LogP contribution in [0.5, 0.6) is 0 Å². The van der Waals surface area contributed by atoms with E-state index in [4.69, 9.17) is 10.8 Å². The molecule has 3 nitrogen and oxygen atoms in total. The van der Waals surface area contributed by atoms with Gasteiger partial charge in [0.05, 0.1) is 0 Å². The molecule has 0 aromatic heterocycles. The van der Waals surface area contributed by atoms with Gasteiger partial charge in [-0.25, -0.2) is 0 Å². The summed E-state index contributed by atoms with van der Waals surface area (Å²) >= 11 is 0. The van der Waals surface area contributed by atoms with Gasteiger partial charge in [-0.3, -0.25) is 0 Å². The van der Waals surface area contributed by atoms with Crippen molar-refractivity contribution in [2.24, 2.45) is 17.1 Å². The lowest BCUT2D eigenvalue weighted by Gasteiger charge is -2.40. The van der Waals surface area contributed by atoms with Crippen LogP contribution in [0.1, 0.15) is 46.0 Å². The minimum atomic E-state index is 0.307. The van der Waals surface area contributed by atoms with Gasteiger partial charge in [-0.15, -0.1) is 0 Å². The number of likely N-dealkylation sites (tertiary alicyclic amines) is 1. The van der Waals surface area contributed by atoms with E-state index in [0.29, 0.717) is 17.9 Å². The van der Waals surface area contributed by atoms with Gasteiger partial charge < -0.3 is 15.7 Å². The van der Waals surface area contributed by atoms with E-state index < -0.39 is 0 Å². The molecule has 0 aliphatic carbocycles. The molecule has 0 amide bonds. The summed E-state index contributed by atoms with van der Waals surface area (Å²) in [5.41, 5.74) is 6.28. The second-order valence-corrected chi connectivity index (χ2v) is 5.67. The number of hydrogen-bond donors (Lipinski definition) is 2. The van der Waals surface area contributed by atoms with E-state index in [1.165, 1.54) is 32.2 Å². The maximum absolute atomic E-state index is 9.04. The van der Waals surface area contributed by atoms with Gasteiger partial charge in [0.1, 0.15) is 0 Å². The van der Waals surface area contributed by atoms with E-state index >= 15 is 0 Å². The van der Waals surface area contributed by atoms with Crippen LogP contribution in [0, 0.1) is 11.3 Å². The van der Waals surface area contributed by atoms with Crippen molar-refractivity contribution in [3.8, 4) is 0 Å². The summed E-state index contributed by atoms with van der Waals surface area (Å²) in [5, 5.41) is 9.04. The third-order valence-electron chi connectivity index (χ3n) is 4.63. The van der Waals surface area contributed by atoms with Gasteiger partial charge in [-0.1, -0.05) is 13.8 Å². The fraction of sp³-hybridized carbons (Fsp3) is 1.00. The summed E-state index contributed by atoms with van der Waals surface area (Å²) in [5.74, 6) is 0.693. The number of rotatable bonds is 7. The van der Waals surface area contributed by atoms with E-state index in [0.717, 1.165) is 26.1 Å². The quantitative estimate of drug-likeness (QED) is 0.716. The molecule has 0 aromatic carbocycles. The average molecular weight is 242 g/mol. The summed E-state index contributed by atoms with van der Waals surface area (Å²) in [7, 11) is 0. The number of aliphatic hydroxyl groups excluding tert-OH is 1. The molecule has 102 valence electrons. The molecule has 0 radical (unpaired) electrons. The van der Waals surface area contributed by atoms with Gasteiger partial charge in [0.2, 0.25) is 0 Å². The minimum absolute atomic E-state index is 0.307. The number of piperidine rings is 1. The second kappa shape index (κ2) is 7.34. The molecular weight excluding hydrogens is 212 g/mol. The molecule has 1 heterocycles. The van der Waals surface area contributed by atoms with Crippen LogP contribution in [0.15, 0.2) is 0 Å². The average Bonchev–Trinajstić information content (AvgIpc) is 2.37. The first-order chi connectivity index (χ1) is 8.19. The highest BCUT2D eigenvalue weighted by atomic mass is 16.3. The van der Waals surface area contributed by atoms with E-state index in [2.05, 4.69) is 18.7 Å². The Hall–Kier alpha value is -0.120. The maximum atomic E-state index is 9.04. The van der Waals surface area contributed by atoms with Crippen molar-refractivity contribution in [3.05, 3.63) is 0 Å². The van der Waals surface area contributed by atoms with Crippen LogP contribution in [-0.4, -0.2) is 42.8 Å². The zero-order valence-corrected chi connectivity index (χ0v) is 11.6. The summed E-state index contributed by atoms with van der Waals surface area (Å²) in [6.45, 7) is 9.14. The van der Waals surface area contributed by atoms with Crippen LogP contribution in [0.2, 0.25) is 0 Å². The van der Waals surface area contributed by atoms with Gasteiger partial charge in [0.25, 0.3) is 0 Å². The van der Waals surface area contributed by atoms with Crippen LogP contribution >= 0.6 is 0 Å². The Bertz CT molecular complexity index is 194. The van der Waals surface area contributed by atoms with Gasteiger partial charge in [0.15, 0.2) is 0 Å². The molecule has 0 spiro atoms. The highest BCUT2D eigenvalue weighted by Crippen LogP contribution is 2.29. The predicted octanol–water partition coefficient (Wildman–Crippen LogP) is 1.85. The molecule has 17 heavy (non-hydrogen) atoms. The van der Waals surface area contributed by atoms with Crippen molar-refractivity contribution < 1.29 is 5.11 Å². The number of nitrogens with two attached hydrogens (primary N) is 1. The third-order valence-corrected chi connectivity index (χ3v) is 4.63. The molecule has 3 N–H and O–H groups in total. The zero-order chi connectivity index (χ0) is 12.7. The summed E-state index contributed by atoms with van der Waals surface area (Å²) in [6, 6.07) is 0. The first-order valence-electron chi connectivity index (χ1n) is 7.23. The van der Waals surface area contributed by atoms with Crippen LogP contribution < -0.4 is 5.73 Å². The molecule has 0 aromatic rings. The van der Waals surface area contributed by atoms with Crippen LogP contribution in [-0.2, 0) is 0 Å². The molecule has 1 aliphatic rings. The molecule has 1 unspecified atom stereocenters. The molecule has 3 heteroatoms. The Kier molecular flexibility index (Phi) is 6.45. The summed E-state index contributed by atoms with van der Waals surface area (Å²) in [4.78, 5) is 2.57. The first-order valence-corrected chi connectivity index (χ1v) is 7.23. The van der Waals surface area contributed by atoms with E-state index in [9.17, 15) is 0 Å². The second-order valence-electron chi connectivity index (χ2n) is 5.67. The van der Waals surface area contributed by atoms with Crippen LogP contribution in [0.25, 0.3) is 0 Å². The smallest absolute Gasteiger partial charge is 0.0434 e.